The van der Waals surface area contributed by atoms with Gasteiger partial charge in [-0.1, -0.05) is 12.1 Å². The van der Waals surface area contributed by atoms with Crippen molar-refractivity contribution in [3.63, 3.8) is 0 Å². The van der Waals surface area contributed by atoms with Crippen LogP contribution in [0.3, 0.4) is 0 Å². The number of aliphatic hydroxyl groups is 1. The summed E-state index contributed by atoms with van der Waals surface area (Å²) in [5, 5.41) is 9.42. The SMILES string of the molecule is CC(=O)/C=C(\O)c1ccc(I)cc1. The Balaban J connectivity index is 2.96. The molecule has 3 heteroatoms. The molecule has 0 atom stereocenters. The first-order valence-corrected chi connectivity index (χ1v) is 4.84. The summed E-state index contributed by atoms with van der Waals surface area (Å²) >= 11 is 2.18. The summed E-state index contributed by atoms with van der Waals surface area (Å²) in [5.41, 5.74) is 0.663. The third-order valence-corrected chi connectivity index (χ3v) is 2.20. The van der Waals surface area contributed by atoms with Gasteiger partial charge in [0.1, 0.15) is 5.76 Å². The third kappa shape index (κ3) is 3.18. The Labute approximate surface area is 90.4 Å². The Morgan fingerprint density at radius 3 is 2.38 bits per heavy atom. The minimum absolute atomic E-state index is 0.0175. The summed E-state index contributed by atoms with van der Waals surface area (Å²) < 4.78 is 1.09. The maximum atomic E-state index is 10.7. The van der Waals surface area contributed by atoms with Gasteiger partial charge in [0, 0.05) is 15.2 Å². The van der Waals surface area contributed by atoms with E-state index in [4.69, 9.17) is 0 Å². The number of carbonyl (C=O) groups is 1. The van der Waals surface area contributed by atoms with Gasteiger partial charge in [0.15, 0.2) is 5.78 Å². The molecule has 0 amide bonds. The predicted octanol–water partition coefficient (Wildman–Crippen LogP) is 2.78. The van der Waals surface area contributed by atoms with Crippen LogP contribution in [0.15, 0.2) is 30.3 Å². The van der Waals surface area contributed by atoms with Crippen LogP contribution in [0.25, 0.3) is 5.76 Å². The van der Waals surface area contributed by atoms with Crippen molar-refractivity contribution in [1.29, 1.82) is 0 Å². The zero-order chi connectivity index (χ0) is 9.84. The van der Waals surface area contributed by atoms with Crippen LogP contribution in [-0.4, -0.2) is 10.9 Å². The molecule has 0 fully saturated rings. The maximum Gasteiger partial charge on any atom is 0.156 e. The summed E-state index contributed by atoms with van der Waals surface area (Å²) in [6.45, 7) is 1.41. The standard InChI is InChI=1S/C10H9IO2/c1-7(12)6-10(13)8-2-4-9(11)5-3-8/h2-6,13H,1H3/b10-6-. The molecule has 1 aromatic rings. The van der Waals surface area contributed by atoms with Gasteiger partial charge in [0.05, 0.1) is 0 Å². The highest BCUT2D eigenvalue weighted by Gasteiger charge is 1.99. The number of rotatable bonds is 2. The fraction of sp³-hybridized carbons (Fsp3) is 0.100. The number of hydrogen-bond donors (Lipinski definition) is 1. The number of carbonyl (C=O) groups excluding carboxylic acids is 1. The van der Waals surface area contributed by atoms with E-state index in [1.807, 2.05) is 12.1 Å². The summed E-state index contributed by atoms with van der Waals surface area (Å²) in [4.78, 5) is 10.7. The van der Waals surface area contributed by atoms with E-state index in [0.29, 0.717) is 5.56 Å². The first kappa shape index (κ1) is 10.2. The lowest BCUT2D eigenvalue weighted by atomic mass is 10.1. The number of allylic oxidation sites excluding steroid dienone is 1. The first-order valence-electron chi connectivity index (χ1n) is 3.77. The molecule has 0 spiro atoms. The number of hydrogen-bond acceptors (Lipinski definition) is 2. The fourth-order valence-electron chi connectivity index (χ4n) is 0.897. The highest BCUT2D eigenvalue weighted by molar-refractivity contribution is 14.1. The van der Waals surface area contributed by atoms with Crippen molar-refractivity contribution in [2.24, 2.45) is 0 Å². The molecule has 0 bridgehead atoms. The van der Waals surface area contributed by atoms with Crippen molar-refractivity contribution in [3.05, 3.63) is 39.5 Å². The smallest absolute Gasteiger partial charge is 0.156 e. The van der Waals surface area contributed by atoms with Crippen molar-refractivity contribution in [2.45, 2.75) is 6.92 Å². The van der Waals surface area contributed by atoms with Gasteiger partial charge in [-0.05, 0) is 41.6 Å². The Morgan fingerprint density at radius 2 is 1.92 bits per heavy atom. The molecule has 1 aromatic carbocycles. The fourth-order valence-corrected chi connectivity index (χ4v) is 1.26. The molecule has 0 aliphatic carbocycles. The number of benzene rings is 1. The predicted molar refractivity (Wildman–Crippen MR) is 60.4 cm³/mol. The molecule has 0 heterocycles. The van der Waals surface area contributed by atoms with E-state index in [0.717, 1.165) is 3.57 Å². The second-order valence-electron chi connectivity index (χ2n) is 2.65. The van der Waals surface area contributed by atoms with Gasteiger partial charge >= 0.3 is 0 Å². The third-order valence-electron chi connectivity index (χ3n) is 1.48. The zero-order valence-corrected chi connectivity index (χ0v) is 9.28. The van der Waals surface area contributed by atoms with Crippen molar-refractivity contribution in [2.75, 3.05) is 0 Å². The number of halogens is 1. The molecule has 0 saturated carbocycles. The second-order valence-corrected chi connectivity index (χ2v) is 3.89. The van der Waals surface area contributed by atoms with E-state index < -0.39 is 0 Å². The minimum Gasteiger partial charge on any atom is -0.507 e. The first-order chi connectivity index (χ1) is 6.09. The molecule has 2 nitrogen and oxygen atoms in total. The Kier molecular flexibility index (Phi) is 3.48. The van der Waals surface area contributed by atoms with E-state index in [1.54, 1.807) is 12.1 Å². The van der Waals surface area contributed by atoms with Crippen molar-refractivity contribution in [3.8, 4) is 0 Å². The molecule has 13 heavy (non-hydrogen) atoms. The molecule has 0 radical (unpaired) electrons. The van der Waals surface area contributed by atoms with Crippen LogP contribution >= 0.6 is 22.6 Å². The quantitative estimate of drug-likeness (QED) is 0.516. The topological polar surface area (TPSA) is 37.3 Å². The van der Waals surface area contributed by atoms with Gasteiger partial charge in [0.2, 0.25) is 0 Å². The number of ketones is 1. The van der Waals surface area contributed by atoms with Gasteiger partial charge in [-0.25, -0.2) is 0 Å². The monoisotopic (exact) mass is 288 g/mol. The van der Waals surface area contributed by atoms with Crippen molar-refractivity contribution >= 4 is 34.1 Å². The second kappa shape index (κ2) is 4.41. The average Bonchev–Trinajstić information content (AvgIpc) is 2.04. The largest absolute Gasteiger partial charge is 0.507 e. The summed E-state index contributed by atoms with van der Waals surface area (Å²) in [6, 6.07) is 7.30. The van der Waals surface area contributed by atoms with E-state index in [2.05, 4.69) is 22.6 Å². The Hall–Kier alpha value is -0.840. The average molecular weight is 288 g/mol. The molecule has 0 saturated heterocycles. The molecule has 0 aromatic heterocycles. The van der Waals surface area contributed by atoms with Crippen molar-refractivity contribution in [1.82, 2.24) is 0 Å². The molecule has 0 unspecified atom stereocenters. The van der Waals surface area contributed by atoms with Gasteiger partial charge in [-0.3, -0.25) is 4.79 Å². The maximum absolute atomic E-state index is 10.7. The van der Waals surface area contributed by atoms with Crippen LogP contribution in [0.1, 0.15) is 12.5 Å². The number of aliphatic hydroxyl groups excluding tert-OH is 1. The van der Waals surface area contributed by atoms with Crippen LogP contribution in [0.4, 0.5) is 0 Å². The van der Waals surface area contributed by atoms with Crippen LogP contribution in [0.2, 0.25) is 0 Å². The van der Waals surface area contributed by atoms with E-state index in [9.17, 15) is 9.90 Å². The molecule has 68 valence electrons. The normalized spacial score (nSPS) is 11.4. The molecule has 1 rings (SSSR count). The minimum atomic E-state index is -0.156. The highest BCUT2D eigenvalue weighted by Crippen LogP contribution is 2.13. The Bertz CT molecular complexity index is 338. The highest BCUT2D eigenvalue weighted by atomic mass is 127. The van der Waals surface area contributed by atoms with Crippen LogP contribution in [-0.2, 0) is 4.79 Å². The molecule has 0 aliphatic heterocycles. The van der Waals surface area contributed by atoms with Gasteiger partial charge in [0.25, 0.3) is 0 Å². The van der Waals surface area contributed by atoms with E-state index in [-0.39, 0.29) is 11.5 Å². The summed E-state index contributed by atoms with van der Waals surface area (Å²) in [7, 11) is 0. The van der Waals surface area contributed by atoms with Crippen molar-refractivity contribution < 1.29 is 9.90 Å². The van der Waals surface area contributed by atoms with E-state index in [1.165, 1.54) is 13.0 Å². The molecular weight excluding hydrogens is 279 g/mol. The zero-order valence-electron chi connectivity index (χ0n) is 7.12. The van der Waals surface area contributed by atoms with Gasteiger partial charge < -0.3 is 5.11 Å². The van der Waals surface area contributed by atoms with Crippen LogP contribution in [0, 0.1) is 3.57 Å². The Morgan fingerprint density at radius 1 is 1.38 bits per heavy atom. The molecule has 1 N–H and O–H groups in total. The lowest BCUT2D eigenvalue weighted by Crippen LogP contribution is -1.88. The molecule has 0 aliphatic rings. The van der Waals surface area contributed by atoms with E-state index >= 15 is 0 Å². The molecular formula is C10H9IO2. The van der Waals surface area contributed by atoms with Gasteiger partial charge in [-0.15, -0.1) is 0 Å². The van der Waals surface area contributed by atoms with Gasteiger partial charge in [-0.2, -0.15) is 0 Å². The summed E-state index contributed by atoms with van der Waals surface area (Å²) in [6.07, 6.45) is 1.21. The lowest BCUT2D eigenvalue weighted by Gasteiger charge is -1.98. The van der Waals surface area contributed by atoms with Crippen LogP contribution < -0.4 is 0 Å². The lowest BCUT2D eigenvalue weighted by molar-refractivity contribution is -0.112. The van der Waals surface area contributed by atoms with Crippen LogP contribution in [0.5, 0.6) is 0 Å². The summed E-state index contributed by atoms with van der Waals surface area (Å²) in [5.74, 6) is -0.139.